The van der Waals surface area contributed by atoms with Crippen LogP contribution in [0.25, 0.3) is 0 Å². The third-order valence-corrected chi connectivity index (χ3v) is 5.32. The van der Waals surface area contributed by atoms with Crippen LogP contribution in [0, 0.1) is 0 Å². The lowest BCUT2D eigenvalue weighted by Crippen LogP contribution is -2.48. The molecular weight excluding hydrogens is 230 g/mol. The van der Waals surface area contributed by atoms with Gasteiger partial charge >= 0.3 is 6.03 Å². The van der Waals surface area contributed by atoms with Crippen molar-refractivity contribution in [2.24, 2.45) is 5.73 Å². The Balaban J connectivity index is 1.97. The summed E-state index contributed by atoms with van der Waals surface area (Å²) >= 11 is 0. The molecule has 2 rings (SSSR count). The maximum atomic E-state index is 11.7. The summed E-state index contributed by atoms with van der Waals surface area (Å²) < 4.78 is 25.0. The van der Waals surface area contributed by atoms with Crippen molar-refractivity contribution in [2.75, 3.05) is 25.4 Å². The molecule has 0 aromatic carbocycles. The summed E-state index contributed by atoms with van der Waals surface area (Å²) in [4.78, 5) is 12.5. The van der Waals surface area contributed by atoms with Gasteiger partial charge in [0.1, 0.15) is 0 Å². The number of piperidine rings is 1. The van der Waals surface area contributed by atoms with Crippen molar-refractivity contribution < 1.29 is 13.2 Å². The fourth-order valence-electron chi connectivity index (χ4n) is 2.44. The van der Waals surface area contributed by atoms with Gasteiger partial charge in [-0.25, -0.2) is 13.2 Å². The highest BCUT2D eigenvalue weighted by atomic mass is 32.2. The molecule has 0 bridgehead atoms. The Labute approximate surface area is 95.4 Å². The molecule has 92 valence electrons. The molecule has 0 spiro atoms. The number of rotatable bonds is 1. The zero-order valence-electron chi connectivity index (χ0n) is 9.13. The standard InChI is InChI=1S/C9H17N3O3S/c10-9(13)11-5-2-8(3-6-11)12-4-1-7-16(12,14)15/h8H,1-7H2,(H2,10,13). The molecule has 0 aliphatic carbocycles. The number of nitrogens with two attached hydrogens (primary N) is 1. The Morgan fingerprint density at radius 3 is 2.25 bits per heavy atom. The predicted octanol–water partition coefficient (Wildman–Crippen LogP) is -0.435. The quantitative estimate of drug-likeness (QED) is 0.682. The number of carbonyl (C=O) groups is 1. The molecule has 2 heterocycles. The fraction of sp³-hybridized carbons (Fsp3) is 0.889. The van der Waals surface area contributed by atoms with Crippen molar-refractivity contribution in [1.29, 1.82) is 0 Å². The molecule has 2 aliphatic rings. The van der Waals surface area contributed by atoms with Gasteiger partial charge in [0.05, 0.1) is 5.75 Å². The molecule has 2 fully saturated rings. The van der Waals surface area contributed by atoms with Crippen LogP contribution < -0.4 is 5.73 Å². The van der Waals surface area contributed by atoms with E-state index in [2.05, 4.69) is 0 Å². The molecule has 2 aliphatic heterocycles. The lowest BCUT2D eigenvalue weighted by atomic mass is 10.1. The van der Waals surface area contributed by atoms with Crippen molar-refractivity contribution >= 4 is 16.1 Å². The molecule has 2 saturated heterocycles. The second kappa shape index (κ2) is 4.21. The molecule has 2 amide bonds. The maximum absolute atomic E-state index is 11.7. The van der Waals surface area contributed by atoms with Gasteiger partial charge in [-0.1, -0.05) is 0 Å². The van der Waals surface area contributed by atoms with Crippen LogP contribution in [0.5, 0.6) is 0 Å². The van der Waals surface area contributed by atoms with E-state index in [1.807, 2.05) is 0 Å². The van der Waals surface area contributed by atoms with Gasteiger partial charge in [-0.05, 0) is 19.3 Å². The summed E-state index contributed by atoms with van der Waals surface area (Å²) in [5.41, 5.74) is 5.17. The van der Waals surface area contributed by atoms with Crippen LogP contribution >= 0.6 is 0 Å². The van der Waals surface area contributed by atoms with Gasteiger partial charge in [-0.3, -0.25) is 0 Å². The zero-order chi connectivity index (χ0) is 11.8. The van der Waals surface area contributed by atoms with Gasteiger partial charge in [-0.15, -0.1) is 0 Å². The first-order chi connectivity index (χ1) is 7.50. The molecule has 0 atom stereocenters. The number of likely N-dealkylation sites (tertiary alicyclic amines) is 1. The molecule has 0 aromatic heterocycles. The van der Waals surface area contributed by atoms with Gasteiger partial charge in [0.25, 0.3) is 0 Å². The minimum absolute atomic E-state index is 0.0584. The second-order valence-electron chi connectivity index (χ2n) is 4.34. The van der Waals surface area contributed by atoms with Gasteiger partial charge < -0.3 is 10.6 Å². The van der Waals surface area contributed by atoms with Gasteiger partial charge in [0.2, 0.25) is 10.0 Å². The van der Waals surface area contributed by atoms with E-state index in [1.165, 1.54) is 0 Å². The summed E-state index contributed by atoms with van der Waals surface area (Å²) in [5, 5.41) is 0. The molecule has 6 nitrogen and oxygen atoms in total. The lowest BCUT2D eigenvalue weighted by molar-refractivity contribution is 0.167. The predicted molar refractivity (Wildman–Crippen MR) is 59.3 cm³/mol. The van der Waals surface area contributed by atoms with Crippen LogP contribution in [-0.2, 0) is 10.0 Å². The van der Waals surface area contributed by atoms with Crippen LogP contribution in [0.4, 0.5) is 4.79 Å². The minimum atomic E-state index is -3.03. The molecular formula is C9H17N3O3S. The smallest absolute Gasteiger partial charge is 0.314 e. The van der Waals surface area contributed by atoms with E-state index in [4.69, 9.17) is 5.73 Å². The van der Waals surface area contributed by atoms with Crippen molar-refractivity contribution in [3.63, 3.8) is 0 Å². The maximum Gasteiger partial charge on any atom is 0.314 e. The van der Waals surface area contributed by atoms with E-state index >= 15 is 0 Å². The monoisotopic (exact) mass is 247 g/mol. The summed E-state index contributed by atoms with van der Waals surface area (Å²) in [6, 6.07) is -0.356. The Hall–Kier alpha value is -0.820. The van der Waals surface area contributed by atoms with Crippen LogP contribution in [-0.4, -0.2) is 55.1 Å². The number of urea groups is 1. The first-order valence-corrected chi connectivity index (χ1v) is 7.15. The van der Waals surface area contributed by atoms with E-state index < -0.39 is 16.1 Å². The van der Waals surface area contributed by atoms with Crippen LogP contribution in [0.15, 0.2) is 0 Å². The van der Waals surface area contributed by atoms with Gasteiger partial charge in [-0.2, -0.15) is 4.31 Å². The average Bonchev–Trinajstić information content (AvgIpc) is 2.58. The Morgan fingerprint density at radius 2 is 1.81 bits per heavy atom. The molecule has 0 saturated carbocycles. The van der Waals surface area contributed by atoms with E-state index in [1.54, 1.807) is 9.21 Å². The van der Waals surface area contributed by atoms with Crippen molar-refractivity contribution in [3.8, 4) is 0 Å². The first kappa shape index (κ1) is 11.7. The normalized spacial score (nSPS) is 27.1. The second-order valence-corrected chi connectivity index (χ2v) is 6.38. The molecule has 0 aromatic rings. The Kier molecular flexibility index (Phi) is 3.07. The number of nitrogens with zero attached hydrogens (tertiary/aromatic N) is 2. The van der Waals surface area contributed by atoms with E-state index in [0.29, 0.717) is 32.5 Å². The number of amides is 2. The zero-order valence-corrected chi connectivity index (χ0v) is 9.95. The van der Waals surface area contributed by atoms with E-state index in [0.717, 1.165) is 6.42 Å². The summed E-state index contributed by atoms with van der Waals surface area (Å²) in [5.74, 6) is 0.267. The molecule has 2 N–H and O–H groups in total. The first-order valence-electron chi connectivity index (χ1n) is 5.54. The topological polar surface area (TPSA) is 83.7 Å². The van der Waals surface area contributed by atoms with Crippen LogP contribution in [0.1, 0.15) is 19.3 Å². The highest BCUT2D eigenvalue weighted by Gasteiger charge is 2.36. The van der Waals surface area contributed by atoms with Crippen molar-refractivity contribution in [3.05, 3.63) is 0 Å². The molecule has 0 unspecified atom stereocenters. The van der Waals surface area contributed by atoms with E-state index in [-0.39, 0.29) is 11.8 Å². The number of hydrogen-bond acceptors (Lipinski definition) is 3. The van der Waals surface area contributed by atoms with Crippen molar-refractivity contribution in [2.45, 2.75) is 25.3 Å². The largest absolute Gasteiger partial charge is 0.351 e. The highest BCUT2D eigenvalue weighted by molar-refractivity contribution is 7.89. The Morgan fingerprint density at radius 1 is 1.19 bits per heavy atom. The number of sulfonamides is 1. The molecule has 0 radical (unpaired) electrons. The third kappa shape index (κ3) is 2.15. The summed E-state index contributed by atoms with van der Waals surface area (Å²) in [6.45, 7) is 1.75. The fourth-order valence-corrected chi connectivity index (χ4v) is 4.24. The highest BCUT2D eigenvalue weighted by Crippen LogP contribution is 2.24. The minimum Gasteiger partial charge on any atom is -0.351 e. The van der Waals surface area contributed by atoms with Gasteiger partial charge in [0, 0.05) is 25.7 Å². The van der Waals surface area contributed by atoms with E-state index in [9.17, 15) is 13.2 Å². The van der Waals surface area contributed by atoms with Gasteiger partial charge in [0.15, 0.2) is 0 Å². The van der Waals surface area contributed by atoms with Crippen LogP contribution in [0.2, 0.25) is 0 Å². The average molecular weight is 247 g/mol. The lowest BCUT2D eigenvalue weighted by Gasteiger charge is -2.34. The van der Waals surface area contributed by atoms with Crippen molar-refractivity contribution in [1.82, 2.24) is 9.21 Å². The summed E-state index contributed by atoms with van der Waals surface area (Å²) in [7, 11) is -3.03. The number of primary amides is 1. The molecule has 7 heteroatoms. The Bertz CT molecular complexity index is 373. The summed E-state index contributed by atoms with van der Waals surface area (Å²) in [6.07, 6.45) is 2.11. The number of hydrogen-bond donors (Lipinski definition) is 1. The van der Waals surface area contributed by atoms with Crippen LogP contribution in [0.3, 0.4) is 0 Å². The third-order valence-electron chi connectivity index (χ3n) is 3.32. The SMILES string of the molecule is NC(=O)N1CCC(N2CCCS2(=O)=O)CC1. The molecule has 16 heavy (non-hydrogen) atoms. The number of carbonyl (C=O) groups excluding carboxylic acids is 1.